The summed E-state index contributed by atoms with van der Waals surface area (Å²) in [5, 5.41) is 6.37. The predicted molar refractivity (Wildman–Crippen MR) is 87.5 cm³/mol. The van der Waals surface area contributed by atoms with Gasteiger partial charge in [0.1, 0.15) is 5.75 Å². The fourth-order valence-electron chi connectivity index (χ4n) is 2.50. The molecule has 1 aromatic rings. The summed E-state index contributed by atoms with van der Waals surface area (Å²) in [4.78, 5) is 12.0. The van der Waals surface area contributed by atoms with Gasteiger partial charge < -0.3 is 10.1 Å². The Balaban J connectivity index is 2.08. The number of benzene rings is 1. The molecule has 0 bridgehead atoms. The summed E-state index contributed by atoms with van der Waals surface area (Å²) in [6, 6.07) is 6.02. The van der Waals surface area contributed by atoms with Crippen LogP contribution < -0.4 is 15.4 Å². The van der Waals surface area contributed by atoms with Gasteiger partial charge in [-0.25, -0.2) is 0 Å². The maximum absolute atomic E-state index is 12.0. The summed E-state index contributed by atoms with van der Waals surface area (Å²) in [5.41, 5.74) is 1.13. The van der Waals surface area contributed by atoms with Crippen LogP contribution in [0.1, 0.15) is 44.7 Å². The summed E-state index contributed by atoms with van der Waals surface area (Å²) in [6.07, 6.45) is 2.90. The van der Waals surface area contributed by atoms with Crippen molar-refractivity contribution < 1.29 is 9.53 Å². The summed E-state index contributed by atoms with van der Waals surface area (Å²) in [7, 11) is 0. The van der Waals surface area contributed by atoms with E-state index in [1.165, 1.54) is 0 Å². The van der Waals surface area contributed by atoms with E-state index in [0.29, 0.717) is 0 Å². The van der Waals surface area contributed by atoms with Crippen molar-refractivity contribution in [3.63, 3.8) is 0 Å². The minimum atomic E-state index is -0.212. The Labute approximate surface area is 134 Å². The van der Waals surface area contributed by atoms with E-state index in [1.54, 1.807) is 0 Å². The minimum absolute atomic E-state index is 0.0562. The number of carbonyl (C=O) groups is 1. The highest BCUT2D eigenvalue weighted by Gasteiger charge is 2.23. The van der Waals surface area contributed by atoms with E-state index in [9.17, 15) is 4.79 Å². The maximum atomic E-state index is 12.0. The number of nitrogens with one attached hydrogen (secondary N) is 2. The van der Waals surface area contributed by atoms with Crippen molar-refractivity contribution >= 4 is 21.8 Å². The van der Waals surface area contributed by atoms with Crippen molar-refractivity contribution in [1.29, 1.82) is 0 Å². The van der Waals surface area contributed by atoms with Crippen LogP contribution in [0.3, 0.4) is 0 Å². The van der Waals surface area contributed by atoms with E-state index in [0.717, 1.165) is 48.2 Å². The van der Waals surface area contributed by atoms with Gasteiger partial charge >= 0.3 is 0 Å². The lowest BCUT2D eigenvalue weighted by Gasteiger charge is -2.23. The van der Waals surface area contributed by atoms with Crippen molar-refractivity contribution in [2.45, 2.75) is 45.2 Å². The van der Waals surface area contributed by atoms with Gasteiger partial charge in [-0.3, -0.25) is 10.1 Å². The third-order valence-electron chi connectivity index (χ3n) is 3.64. The monoisotopic (exact) mass is 354 g/mol. The number of hydrogen-bond acceptors (Lipinski definition) is 3. The molecule has 1 aliphatic heterocycles. The van der Waals surface area contributed by atoms with Crippen molar-refractivity contribution in [3.8, 4) is 5.75 Å². The van der Waals surface area contributed by atoms with E-state index in [4.69, 9.17) is 4.74 Å². The lowest BCUT2D eigenvalue weighted by atomic mass is 10.0. The van der Waals surface area contributed by atoms with Gasteiger partial charge in [-0.1, -0.05) is 28.9 Å². The molecule has 0 aromatic heterocycles. The molecule has 0 fully saturated rings. The summed E-state index contributed by atoms with van der Waals surface area (Å²) >= 11 is 3.47. The van der Waals surface area contributed by atoms with Crippen molar-refractivity contribution in [1.82, 2.24) is 10.6 Å². The Bertz CT molecular complexity index is 493. The molecule has 116 valence electrons. The predicted octanol–water partition coefficient (Wildman–Crippen LogP) is 3.17. The van der Waals surface area contributed by atoms with Gasteiger partial charge in [-0.15, -0.1) is 0 Å². The van der Waals surface area contributed by atoms with Gasteiger partial charge in [-0.05, 0) is 38.3 Å². The third kappa shape index (κ3) is 4.45. The highest BCUT2D eigenvalue weighted by molar-refractivity contribution is 9.10. The molecular weight excluding hydrogens is 332 g/mol. The number of carbonyl (C=O) groups excluding carboxylic acids is 1. The average molecular weight is 355 g/mol. The van der Waals surface area contributed by atoms with Crippen LogP contribution in [0.2, 0.25) is 0 Å². The summed E-state index contributed by atoms with van der Waals surface area (Å²) in [5.74, 6) is 0.959. The highest BCUT2D eigenvalue weighted by Crippen LogP contribution is 2.33. The van der Waals surface area contributed by atoms with Gasteiger partial charge in [0, 0.05) is 22.6 Å². The SMILES string of the molecule is CCCNC(=O)C(C)NC1CCCOc2cc(Br)ccc21. The van der Waals surface area contributed by atoms with Crippen LogP contribution in [0.5, 0.6) is 5.75 Å². The zero-order chi connectivity index (χ0) is 15.2. The van der Waals surface area contributed by atoms with E-state index in [1.807, 2.05) is 19.1 Å². The quantitative estimate of drug-likeness (QED) is 0.853. The van der Waals surface area contributed by atoms with Gasteiger partial charge in [0.15, 0.2) is 0 Å². The number of ether oxygens (including phenoxy) is 1. The molecule has 5 heteroatoms. The molecule has 21 heavy (non-hydrogen) atoms. The Hall–Kier alpha value is -1.07. The van der Waals surface area contributed by atoms with Crippen LogP contribution in [0.15, 0.2) is 22.7 Å². The molecule has 2 unspecified atom stereocenters. The van der Waals surface area contributed by atoms with Gasteiger partial charge in [-0.2, -0.15) is 0 Å². The first-order valence-corrected chi connectivity index (χ1v) is 8.37. The van der Waals surface area contributed by atoms with E-state index in [-0.39, 0.29) is 18.0 Å². The second-order valence-corrected chi connectivity index (χ2v) is 6.32. The topological polar surface area (TPSA) is 50.4 Å². The molecule has 2 rings (SSSR count). The highest BCUT2D eigenvalue weighted by atomic mass is 79.9. The lowest BCUT2D eigenvalue weighted by molar-refractivity contribution is -0.122. The number of fused-ring (bicyclic) bond motifs is 1. The normalized spacial score (nSPS) is 19.1. The molecule has 1 aliphatic rings. The van der Waals surface area contributed by atoms with Crippen LogP contribution >= 0.6 is 15.9 Å². The Kier molecular flexibility index (Phi) is 6.06. The van der Waals surface area contributed by atoms with Gasteiger partial charge in [0.05, 0.1) is 12.6 Å². The first-order chi connectivity index (χ1) is 10.1. The van der Waals surface area contributed by atoms with Crippen LogP contribution in [0.25, 0.3) is 0 Å². The standard InChI is InChI=1S/C16H23BrN2O2/c1-3-8-18-16(20)11(2)19-14-5-4-9-21-15-10-12(17)6-7-13(14)15/h6-7,10-11,14,19H,3-5,8-9H2,1-2H3,(H,18,20). The fraction of sp³-hybridized carbons (Fsp3) is 0.562. The molecular formula is C16H23BrN2O2. The second kappa shape index (κ2) is 7.80. The molecule has 0 saturated carbocycles. The third-order valence-corrected chi connectivity index (χ3v) is 4.13. The van der Waals surface area contributed by atoms with Crippen LogP contribution in [-0.4, -0.2) is 25.1 Å². The smallest absolute Gasteiger partial charge is 0.236 e. The molecule has 1 aromatic carbocycles. The Morgan fingerprint density at radius 1 is 1.52 bits per heavy atom. The first-order valence-electron chi connectivity index (χ1n) is 7.57. The van der Waals surface area contributed by atoms with Crippen LogP contribution in [0.4, 0.5) is 0 Å². The van der Waals surface area contributed by atoms with E-state index < -0.39 is 0 Å². The van der Waals surface area contributed by atoms with Crippen molar-refractivity contribution in [2.24, 2.45) is 0 Å². The van der Waals surface area contributed by atoms with E-state index in [2.05, 4.69) is 39.6 Å². The zero-order valence-electron chi connectivity index (χ0n) is 12.6. The van der Waals surface area contributed by atoms with Crippen molar-refractivity contribution in [2.75, 3.05) is 13.2 Å². The molecule has 0 radical (unpaired) electrons. The number of halogens is 1. The number of rotatable bonds is 5. The van der Waals surface area contributed by atoms with Gasteiger partial charge in [0.25, 0.3) is 0 Å². The minimum Gasteiger partial charge on any atom is -0.493 e. The first kappa shape index (κ1) is 16.3. The maximum Gasteiger partial charge on any atom is 0.236 e. The van der Waals surface area contributed by atoms with Crippen molar-refractivity contribution in [3.05, 3.63) is 28.2 Å². The zero-order valence-corrected chi connectivity index (χ0v) is 14.2. The molecule has 2 atom stereocenters. The fourth-order valence-corrected chi connectivity index (χ4v) is 2.84. The summed E-state index contributed by atoms with van der Waals surface area (Å²) < 4.78 is 6.81. The van der Waals surface area contributed by atoms with Gasteiger partial charge in [0.2, 0.25) is 5.91 Å². The van der Waals surface area contributed by atoms with Crippen LogP contribution in [0, 0.1) is 0 Å². The largest absolute Gasteiger partial charge is 0.493 e. The van der Waals surface area contributed by atoms with E-state index >= 15 is 0 Å². The molecule has 4 nitrogen and oxygen atoms in total. The summed E-state index contributed by atoms with van der Waals surface area (Å²) in [6.45, 7) is 5.41. The molecule has 1 heterocycles. The molecule has 1 amide bonds. The molecule has 0 aliphatic carbocycles. The molecule has 2 N–H and O–H groups in total. The average Bonchev–Trinajstić information content (AvgIpc) is 2.66. The lowest BCUT2D eigenvalue weighted by Crippen LogP contribution is -2.43. The van der Waals surface area contributed by atoms with Crippen LogP contribution in [-0.2, 0) is 4.79 Å². The number of amides is 1. The number of hydrogen-bond donors (Lipinski definition) is 2. The second-order valence-electron chi connectivity index (χ2n) is 5.40. The Morgan fingerprint density at radius 3 is 3.10 bits per heavy atom. The molecule has 0 spiro atoms. The molecule has 0 saturated heterocycles. The Morgan fingerprint density at radius 2 is 2.33 bits per heavy atom.